The van der Waals surface area contributed by atoms with Crippen molar-refractivity contribution in [1.82, 2.24) is 4.57 Å². The van der Waals surface area contributed by atoms with Crippen LogP contribution in [0.4, 0.5) is 10.1 Å². The number of amides is 1. The van der Waals surface area contributed by atoms with Gasteiger partial charge in [-0.25, -0.2) is 12.8 Å². The number of carbonyl (C=O) groups excluding carboxylic acids is 1. The molecular weight excluding hydrogens is 493 g/mol. The number of benzene rings is 3. The molecule has 182 valence electrons. The second kappa shape index (κ2) is 10.4. The molecule has 0 fully saturated rings. The van der Waals surface area contributed by atoms with Gasteiger partial charge in [-0.2, -0.15) is 4.99 Å². The van der Waals surface area contributed by atoms with Gasteiger partial charge < -0.3 is 14.0 Å². The van der Waals surface area contributed by atoms with Gasteiger partial charge in [0.2, 0.25) is 0 Å². The molecule has 1 heterocycles. The fourth-order valence-electron chi connectivity index (χ4n) is 3.40. The van der Waals surface area contributed by atoms with Crippen LogP contribution in [0.5, 0.6) is 5.75 Å². The summed E-state index contributed by atoms with van der Waals surface area (Å²) in [6.45, 7) is 0.620. The third-order valence-electron chi connectivity index (χ3n) is 5.10. The highest BCUT2D eigenvalue weighted by molar-refractivity contribution is 7.92. The molecule has 1 aromatic heterocycles. The van der Waals surface area contributed by atoms with Gasteiger partial charge in [0.15, 0.2) is 4.80 Å². The minimum absolute atomic E-state index is 0.0474. The summed E-state index contributed by atoms with van der Waals surface area (Å²) in [6.07, 6.45) is 0. The number of nitrogens with one attached hydrogen (secondary N) is 1. The molecular formula is C24H22FN3O5S2. The molecule has 0 aliphatic carbocycles. The zero-order valence-corrected chi connectivity index (χ0v) is 20.5. The third kappa shape index (κ3) is 5.42. The van der Waals surface area contributed by atoms with Crippen LogP contribution in [0.1, 0.15) is 10.4 Å². The molecule has 0 saturated carbocycles. The van der Waals surface area contributed by atoms with Gasteiger partial charge in [-0.3, -0.25) is 9.52 Å². The number of ether oxygens (including phenoxy) is 2. The zero-order valence-electron chi connectivity index (χ0n) is 18.9. The first kappa shape index (κ1) is 24.6. The molecule has 0 spiro atoms. The van der Waals surface area contributed by atoms with E-state index in [9.17, 15) is 17.6 Å². The Morgan fingerprint density at radius 3 is 2.54 bits per heavy atom. The molecule has 35 heavy (non-hydrogen) atoms. The van der Waals surface area contributed by atoms with Gasteiger partial charge in [0.05, 0.1) is 28.8 Å². The first-order valence-electron chi connectivity index (χ1n) is 10.4. The van der Waals surface area contributed by atoms with Gasteiger partial charge in [0.25, 0.3) is 15.9 Å². The Morgan fingerprint density at radius 1 is 1.09 bits per heavy atom. The lowest BCUT2D eigenvalue weighted by Crippen LogP contribution is -2.20. The fourth-order valence-corrected chi connectivity index (χ4v) is 5.52. The Balaban J connectivity index is 1.65. The summed E-state index contributed by atoms with van der Waals surface area (Å²) in [4.78, 5) is 17.5. The molecule has 1 amide bonds. The maximum atomic E-state index is 14.5. The second-order valence-corrected chi connectivity index (χ2v) is 10.1. The molecule has 4 rings (SSSR count). The number of methoxy groups -OCH3 is 2. The standard InChI is InChI=1S/C24H22FN3O5S2/c1-32-14-13-28-22-20(25)7-4-8-21(22)34-24(28)26-23(29)16-5-3-6-17(15-16)27-35(30,31)19-11-9-18(33-2)10-12-19/h3-12,15,27H,13-14H2,1-2H3. The van der Waals surface area contributed by atoms with Crippen LogP contribution in [0.15, 0.2) is 76.6 Å². The average molecular weight is 516 g/mol. The monoisotopic (exact) mass is 515 g/mol. The SMILES string of the molecule is COCCn1c(=NC(=O)c2cccc(NS(=O)(=O)c3ccc(OC)cc3)c2)sc2cccc(F)c21. The van der Waals surface area contributed by atoms with Crippen LogP contribution in [0.2, 0.25) is 0 Å². The Bertz CT molecular complexity index is 1540. The molecule has 11 heteroatoms. The lowest BCUT2D eigenvalue weighted by atomic mass is 10.2. The van der Waals surface area contributed by atoms with Gasteiger partial charge in [-0.15, -0.1) is 0 Å². The molecule has 0 radical (unpaired) electrons. The van der Waals surface area contributed by atoms with E-state index >= 15 is 0 Å². The summed E-state index contributed by atoms with van der Waals surface area (Å²) in [5.74, 6) is -0.477. The van der Waals surface area contributed by atoms with Crippen LogP contribution in [0.3, 0.4) is 0 Å². The number of nitrogens with zero attached hydrogens (tertiary/aromatic N) is 2. The molecule has 0 atom stereocenters. The molecule has 3 aromatic carbocycles. The van der Waals surface area contributed by atoms with Crippen molar-refractivity contribution in [2.75, 3.05) is 25.5 Å². The van der Waals surface area contributed by atoms with Crippen LogP contribution in [-0.2, 0) is 21.3 Å². The van der Waals surface area contributed by atoms with Gasteiger partial charge in [0, 0.05) is 24.9 Å². The minimum Gasteiger partial charge on any atom is -0.497 e. The topological polar surface area (TPSA) is 99.0 Å². The Labute approximate surface area is 205 Å². The van der Waals surface area contributed by atoms with Crippen LogP contribution in [-0.4, -0.2) is 39.7 Å². The second-order valence-electron chi connectivity index (χ2n) is 7.39. The van der Waals surface area contributed by atoms with Crippen LogP contribution >= 0.6 is 11.3 Å². The molecule has 0 unspecified atom stereocenters. The number of fused-ring (bicyclic) bond motifs is 1. The number of hydrogen-bond acceptors (Lipinski definition) is 6. The van der Waals surface area contributed by atoms with E-state index in [2.05, 4.69) is 9.71 Å². The van der Waals surface area contributed by atoms with E-state index in [-0.39, 0.29) is 16.1 Å². The molecule has 0 bridgehead atoms. The summed E-state index contributed by atoms with van der Waals surface area (Å²) in [7, 11) is -0.860. The zero-order chi connectivity index (χ0) is 25.0. The molecule has 4 aromatic rings. The highest BCUT2D eigenvalue weighted by Crippen LogP contribution is 2.22. The highest BCUT2D eigenvalue weighted by Gasteiger charge is 2.16. The van der Waals surface area contributed by atoms with Crippen molar-refractivity contribution in [3.8, 4) is 5.75 Å². The Morgan fingerprint density at radius 2 is 1.83 bits per heavy atom. The summed E-state index contributed by atoms with van der Waals surface area (Å²) in [5, 5.41) is 0. The molecule has 0 aliphatic heterocycles. The van der Waals surface area contributed by atoms with E-state index in [4.69, 9.17) is 9.47 Å². The number of para-hydroxylation sites is 1. The number of hydrogen-bond donors (Lipinski definition) is 1. The van der Waals surface area contributed by atoms with E-state index in [0.717, 1.165) is 0 Å². The molecule has 0 aliphatic rings. The number of thiazole rings is 1. The van der Waals surface area contributed by atoms with Gasteiger partial charge in [-0.05, 0) is 54.6 Å². The van der Waals surface area contributed by atoms with Crippen molar-refractivity contribution in [3.63, 3.8) is 0 Å². The number of halogens is 1. The van der Waals surface area contributed by atoms with Crippen LogP contribution in [0.25, 0.3) is 10.2 Å². The van der Waals surface area contributed by atoms with E-state index in [1.54, 1.807) is 34.9 Å². The van der Waals surface area contributed by atoms with Crippen molar-refractivity contribution in [2.24, 2.45) is 4.99 Å². The van der Waals surface area contributed by atoms with Gasteiger partial charge in [0.1, 0.15) is 11.6 Å². The largest absolute Gasteiger partial charge is 0.497 e. The van der Waals surface area contributed by atoms with Gasteiger partial charge in [-0.1, -0.05) is 23.5 Å². The Hall–Kier alpha value is -3.54. The number of carbonyl (C=O) groups is 1. The van der Waals surface area contributed by atoms with Crippen LogP contribution in [0, 0.1) is 5.82 Å². The van der Waals surface area contributed by atoms with Crippen molar-refractivity contribution in [1.29, 1.82) is 0 Å². The van der Waals surface area contributed by atoms with E-state index < -0.39 is 21.7 Å². The number of sulfonamides is 1. The predicted molar refractivity (Wildman–Crippen MR) is 132 cm³/mol. The van der Waals surface area contributed by atoms with E-state index in [1.165, 1.54) is 62.0 Å². The smallest absolute Gasteiger partial charge is 0.279 e. The number of aromatic nitrogens is 1. The predicted octanol–water partition coefficient (Wildman–Crippen LogP) is 4.04. The van der Waals surface area contributed by atoms with E-state index in [0.29, 0.717) is 33.9 Å². The maximum absolute atomic E-state index is 14.5. The molecule has 0 saturated heterocycles. The highest BCUT2D eigenvalue weighted by atomic mass is 32.2. The maximum Gasteiger partial charge on any atom is 0.279 e. The molecule has 1 N–H and O–H groups in total. The summed E-state index contributed by atoms with van der Waals surface area (Å²) in [5.41, 5.74) is 0.731. The quantitative estimate of drug-likeness (QED) is 0.382. The van der Waals surface area contributed by atoms with E-state index in [1.807, 2.05) is 0 Å². The number of anilines is 1. The lowest BCUT2D eigenvalue weighted by molar-refractivity contribution is 0.0997. The van der Waals surface area contributed by atoms with Crippen molar-refractivity contribution in [2.45, 2.75) is 11.4 Å². The third-order valence-corrected chi connectivity index (χ3v) is 7.54. The molecule has 8 nitrogen and oxygen atoms in total. The number of rotatable bonds is 8. The first-order chi connectivity index (χ1) is 16.8. The lowest BCUT2D eigenvalue weighted by Gasteiger charge is -2.09. The van der Waals surface area contributed by atoms with Crippen molar-refractivity contribution >= 4 is 43.2 Å². The average Bonchev–Trinajstić information content (AvgIpc) is 3.20. The van der Waals surface area contributed by atoms with Crippen LogP contribution < -0.4 is 14.3 Å². The normalized spacial score (nSPS) is 12.1. The van der Waals surface area contributed by atoms with Crippen molar-refractivity contribution < 1.29 is 27.1 Å². The summed E-state index contributed by atoms with van der Waals surface area (Å²) in [6, 6.07) is 16.6. The summed E-state index contributed by atoms with van der Waals surface area (Å²) < 4.78 is 54.9. The minimum atomic E-state index is -3.88. The Kier molecular flexibility index (Phi) is 7.29. The van der Waals surface area contributed by atoms with Gasteiger partial charge >= 0.3 is 0 Å². The fraction of sp³-hybridized carbons (Fsp3) is 0.167. The summed E-state index contributed by atoms with van der Waals surface area (Å²) >= 11 is 1.18. The van der Waals surface area contributed by atoms with Crippen molar-refractivity contribution in [3.05, 3.63) is 82.9 Å². The first-order valence-corrected chi connectivity index (χ1v) is 12.7.